The first-order valence-electron chi connectivity index (χ1n) is 7.83. The summed E-state index contributed by atoms with van der Waals surface area (Å²) in [7, 11) is 0. The Hall–Kier alpha value is -0.820. The Morgan fingerprint density at radius 1 is 0.842 bits per heavy atom. The van der Waals surface area contributed by atoms with E-state index in [0.29, 0.717) is 0 Å². The van der Waals surface area contributed by atoms with Crippen LogP contribution < -0.4 is 4.90 Å². The van der Waals surface area contributed by atoms with Gasteiger partial charge in [-0.2, -0.15) is 0 Å². The number of hydrogen-bond donors (Lipinski definition) is 1. The minimum Gasteiger partial charge on any atom is -0.329 e. The molecule has 1 unspecified atom stereocenters. The monoisotopic (exact) mass is 260 g/mol. The van der Waals surface area contributed by atoms with E-state index >= 15 is 0 Å². The molecule has 1 nitrogen and oxygen atoms in total. The summed E-state index contributed by atoms with van der Waals surface area (Å²) in [6, 6.07) is 0.828. The fourth-order valence-corrected chi connectivity index (χ4v) is 3.59. The summed E-state index contributed by atoms with van der Waals surface area (Å²) in [6.07, 6.45) is 4.23. The van der Waals surface area contributed by atoms with Gasteiger partial charge in [-0.1, -0.05) is 0 Å². The summed E-state index contributed by atoms with van der Waals surface area (Å²) < 4.78 is 0. The number of quaternary nitrogens is 1. The smallest absolute Gasteiger partial charge is 0.104 e. The quantitative estimate of drug-likeness (QED) is 0.833. The molecular formula is C18H30N+. The van der Waals surface area contributed by atoms with Crippen molar-refractivity contribution in [3.63, 3.8) is 0 Å². The van der Waals surface area contributed by atoms with Crippen LogP contribution >= 0.6 is 0 Å². The van der Waals surface area contributed by atoms with Gasteiger partial charge >= 0.3 is 0 Å². The van der Waals surface area contributed by atoms with Gasteiger partial charge in [0.05, 0.1) is 12.6 Å². The van der Waals surface area contributed by atoms with Crippen LogP contribution in [-0.4, -0.2) is 12.6 Å². The number of hydrogen-bond acceptors (Lipinski definition) is 0. The zero-order valence-corrected chi connectivity index (χ0v) is 13.6. The van der Waals surface area contributed by atoms with Crippen molar-refractivity contribution in [2.24, 2.45) is 0 Å². The summed E-state index contributed by atoms with van der Waals surface area (Å²) in [5.41, 5.74) is 9.17. The van der Waals surface area contributed by atoms with E-state index in [9.17, 15) is 0 Å². The van der Waals surface area contributed by atoms with Crippen molar-refractivity contribution >= 4 is 0 Å². The van der Waals surface area contributed by atoms with Crippen molar-refractivity contribution < 1.29 is 4.90 Å². The van der Waals surface area contributed by atoms with Crippen molar-refractivity contribution in [1.82, 2.24) is 0 Å². The van der Waals surface area contributed by atoms with Crippen LogP contribution in [0.2, 0.25) is 0 Å². The van der Waals surface area contributed by atoms with Crippen molar-refractivity contribution in [2.45, 2.75) is 73.4 Å². The van der Waals surface area contributed by atoms with Gasteiger partial charge in [0.1, 0.15) is 6.54 Å². The lowest BCUT2D eigenvalue weighted by Crippen LogP contribution is -3.15. The molecule has 1 N–H and O–H groups in total. The Morgan fingerprint density at radius 2 is 1.37 bits per heavy atom. The number of nitrogens with one attached hydrogen (secondary N) is 1. The molecule has 106 valence electrons. The van der Waals surface area contributed by atoms with Gasteiger partial charge in [-0.05, 0) is 88.6 Å². The molecule has 0 spiro atoms. The molecule has 0 bridgehead atoms. The second-order valence-electron chi connectivity index (χ2n) is 6.59. The van der Waals surface area contributed by atoms with Crippen molar-refractivity contribution in [3.8, 4) is 0 Å². The first kappa shape index (κ1) is 14.6. The molecule has 1 heteroatoms. The number of likely N-dealkylation sites (tertiary alicyclic amines) is 1. The molecule has 1 aromatic rings. The molecule has 1 aliphatic rings. The zero-order chi connectivity index (χ0) is 14.2. The fraction of sp³-hybridized carbons (Fsp3) is 0.667. The van der Waals surface area contributed by atoms with Gasteiger partial charge < -0.3 is 4.90 Å². The SMILES string of the molecule is Cc1c(C)c(C)c(C[NH+]2CCCC[C@@H]2C)c(C)c1C. The predicted molar refractivity (Wildman–Crippen MR) is 83.0 cm³/mol. The minimum atomic E-state index is 0.828. The van der Waals surface area contributed by atoms with E-state index in [4.69, 9.17) is 0 Å². The molecule has 0 aromatic heterocycles. The van der Waals surface area contributed by atoms with Crippen LogP contribution in [0.15, 0.2) is 0 Å². The van der Waals surface area contributed by atoms with Gasteiger partial charge in [-0.25, -0.2) is 0 Å². The standard InChI is InChI=1S/C18H29N/c1-12-9-7-8-10-19(12)11-18-16(5)14(3)13(2)15(4)17(18)6/h12H,7-11H2,1-6H3/p+1/t12-/m0/s1. The second-order valence-corrected chi connectivity index (χ2v) is 6.59. The zero-order valence-electron chi connectivity index (χ0n) is 13.6. The Balaban J connectivity index is 2.34. The minimum absolute atomic E-state index is 0.828. The number of piperidine rings is 1. The Labute approximate surface area is 119 Å². The third kappa shape index (κ3) is 2.72. The summed E-state index contributed by atoms with van der Waals surface area (Å²) in [5, 5.41) is 0. The molecule has 0 saturated carbocycles. The maximum absolute atomic E-state index is 2.42. The van der Waals surface area contributed by atoms with Crippen LogP contribution in [0, 0.1) is 34.6 Å². The molecule has 1 fully saturated rings. The predicted octanol–water partition coefficient (Wildman–Crippen LogP) is 3.19. The molecule has 1 saturated heterocycles. The lowest BCUT2D eigenvalue weighted by Gasteiger charge is -2.32. The van der Waals surface area contributed by atoms with Crippen molar-refractivity contribution in [2.75, 3.05) is 6.54 Å². The van der Waals surface area contributed by atoms with E-state index in [2.05, 4.69) is 41.5 Å². The van der Waals surface area contributed by atoms with E-state index < -0.39 is 0 Å². The third-order valence-electron chi connectivity index (χ3n) is 5.64. The molecule has 19 heavy (non-hydrogen) atoms. The summed E-state index contributed by atoms with van der Waals surface area (Å²) in [6.45, 7) is 16.5. The molecule has 1 aromatic carbocycles. The highest BCUT2D eigenvalue weighted by Crippen LogP contribution is 2.25. The maximum atomic E-state index is 2.42. The van der Waals surface area contributed by atoms with Gasteiger partial charge in [-0.15, -0.1) is 0 Å². The molecule has 0 amide bonds. The number of rotatable bonds is 2. The van der Waals surface area contributed by atoms with Gasteiger partial charge in [0.2, 0.25) is 0 Å². The largest absolute Gasteiger partial charge is 0.329 e. The van der Waals surface area contributed by atoms with Gasteiger partial charge in [-0.3, -0.25) is 0 Å². The molecule has 2 rings (SSSR count). The van der Waals surface area contributed by atoms with E-state index in [0.717, 1.165) is 6.04 Å². The molecule has 2 atom stereocenters. The first-order chi connectivity index (χ1) is 8.93. The molecule has 1 aliphatic heterocycles. The Morgan fingerprint density at radius 3 is 1.89 bits per heavy atom. The summed E-state index contributed by atoms with van der Waals surface area (Å²) in [4.78, 5) is 1.79. The van der Waals surface area contributed by atoms with E-state index in [1.807, 2.05) is 0 Å². The average molecular weight is 260 g/mol. The Bertz CT molecular complexity index is 444. The normalized spacial score (nSPS) is 23.7. The maximum Gasteiger partial charge on any atom is 0.104 e. The second kappa shape index (κ2) is 5.66. The van der Waals surface area contributed by atoms with Crippen molar-refractivity contribution in [3.05, 3.63) is 33.4 Å². The van der Waals surface area contributed by atoms with Crippen LogP contribution in [0.1, 0.15) is 59.6 Å². The molecule has 1 heterocycles. The molecular weight excluding hydrogens is 230 g/mol. The van der Waals surface area contributed by atoms with Crippen LogP contribution in [0.3, 0.4) is 0 Å². The highest BCUT2D eigenvalue weighted by molar-refractivity contribution is 5.49. The number of benzene rings is 1. The topological polar surface area (TPSA) is 4.44 Å². The van der Waals surface area contributed by atoms with Gasteiger partial charge in [0, 0.05) is 5.56 Å². The molecule has 0 aliphatic carbocycles. The van der Waals surface area contributed by atoms with Crippen molar-refractivity contribution in [1.29, 1.82) is 0 Å². The van der Waals surface area contributed by atoms with Crippen LogP contribution in [0.4, 0.5) is 0 Å². The highest BCUT2D eigenvalue weighted by Gasteiger charge is 2.24. The Kier molecular flexibility index (Phi) is 4.35. The van der Waals surface area contributed by atoms with Crippen LogP contribution in [-0.2, 0) is 6.54 Å². The summed E-state index contributed by atoms with van der Waals surface area (Å²) in [5.74, 6) is 0. The fourth-order valence-electron chi connectivity index (χ4n) is 3.59. The molecule has 0 radical (unpaired) electrons. The van der Waals surface area contributed by atoms with E-state index in [1.54, 1.807) is 10.5 Å². The lowest BCUT2D eigenvalue weighted by molar-refractivity contribution is -0.941. The average Bonchev–Trinajstić information content (AvgIpc) is 2.41. The van der Waals surface area contributed by atoms with Crippen LogP contribution in [0.5, 0.6) is 0 Å². The first-order valence-corrected chi connectivity index (χ1v) is 7.83. The van der Waals surface area contributed by atoms with E-state index in [1.165, 1.54) is 60.2 Å². The highest BCUT2D eigenvalue weighted by atomic mass is 15.2. The third-order valence-corrected chi connectivity index (χ3v) is 5.64. The summed E-state index contributed by atoms with van der Waals surface area (Å²) >= 11 is 0. The van der Waals surface area contributed by atoms with Gasteiger partial charge in [0.15, 0.2) is 0 Å². The van der Waals surface area contributed by atoms with E-state index in [-0.39, 0.29) is 0 Å². The van der Waals surface area contributed by atoms with Gasteiger partial charge in [0.25, 0.3) is 0 Å². The lowest BCUT2D eigenvalue weighted by atomic mass is 9.89. The van der Waals surface area contributed by atoms with Crippen LogP contribution in [0.25, 0.3) is 0 Å².